The lowest BCUT2D eigenvalue weighted by atomic mass is 10.0. The number of carbonyl (C=O) groups is 2. The van der Waals surface area contributed by atoms with Crippen LogP contribution in [-0.4, -0.2) is 56.9 Å². The molecule has 2 amide bonds. The molecule has 160 valence electrons. The van der Waals surface area contributed by atoms with Gasteiger partial charge in [-0.15, -0.1) is 0 Å². The van der Waals surface area contributed by atoms with E-state index in [1.807, 2.05) is 4.90 Å². The average Bonchev–Trinajstić information content (AvgIpc) is 2.62. The van der Waals surface area contributed by atoms with Crippen LogP contribution in [-0.2, 0) is 16.1 Å². The maximum Gasteiger partial charge on any atom is 0.387 e. The van der Waals surface area contributed by atoms with E-state index in [0.717, 1.165) is 5.56 Å². The van der Waals surface area contributed by atoms with Crippen LogP contribution >= 0.6 is 0 Å². The first-order chi connectivity index (χ1) is 13.7. The van der Waals surface area contributed by atoms with E-state index in [4.69, 9.17) is 9.47 Å². The number of amides is 2. The highest BCUT2D eigenvalue weighted by Crippen LogP contribution is 2.30. The Morgan fingerprint density at radius 3 is 2.62 bits per heavy atom. The van der Waals surface area contributed by atoms with Gasteiger partial charge in [-0.25, -0.2) is 9.59 Å². The van der Waals surface area contributed by atoms with Crippen molar-refractivity contribution in [2.24, 2.45) is 0 Å². The number of ether oxygens (including phenoxy) is 3. The largest absolute Gasteiger partial charge is 0.493 e. The Morgan fingerprint density at radius 1 is 1.28 bits per heavy atom. The topological polar surface area (TPSA) is 89.1 Å². The van der Waals surface area contributed by atoms with Crippen molar-refractivity contribution in [1.29, 1.82) is 0 Å². The van der Waals surface area contributed by atoms with E-state index in [1.54, 1.807) is 33.0 Å². The van der Waals surface area contributed by atoms with Gasteiger partial charge in [0.1, 0.15) is 0 Å². The van der Waals surface area contributed by atoms with Crippen LogP contribution in [0.3, 0.4) is 0 Å². The molecule has 1 aliphatic heterocycles. The van der Waals surface area contributed by atoms with Crippen molar-refractivity contribution in [1.82, 2.24) is 15.5 Å². The van der Waals surface area contributed by atoms with E-state index in [-0.39, 0.29) is 24.7 Å². The maximum absolute atomic E-state index is 12.5. The van der Waals surface area contributed by atoms with Crippen LogP contribution < -0.4 is 20.1 Å². The molecule has 0 aliphatic carbocycles. The van der Waals surface area contributed by atoms with Crippen molar-refractivity contribution in [2.45, 2.75) is 33.0 Å². The minimum Gasteiger partial charge on any atom is -0.493 e. The number of urea groups is 1. The Morgan fingerprint density at radius 2 is 2.00 bits per heavy atom. The molecule has 0 spiro atoms. The molecule has 0 saturated heterocycles. The summed E-state index contributed by atoms with van der Waals surface area (Å²) in [5, 5.41) is 5.30. The number of benzene rings is 1. The predicted molar refractivity (Wildman–Crippen MR) is 101 cm³/mol. The van der Waals surface area contributed by atoms with E-state index in [2.05, 4.69) is 15.4 Å². The molecular formula is C19H25F2N3O5. The van der Waals surface area contributed by atoms with Crippen LogP contribution in [0.2, 0.25) is 0 Å². The molecule has 2 N–H and O–H groups in total. The number of methoxy groups -OCH3 is 1. The van der Waals surface area contributed by atoms with Gasteiger partial charge in [0.05, 0.1) is 25.3 Å². The molecule has 10 heteroatoms. The second-order valence-corrected chi connectivity index (χ2v) is 6.47. The van der Waals surface area contributed by atoms with Crippen LogP contribution in [0.25, 0.3) is 0 Å². The van der Waals surface area contributed by atoms with Crippen LogP contribution in [0.1, 0.15) is 19.4 Å². The summed E-state index contributed by atoms with van der Waals surface area (Å²) >= 11 is 0. The molecule has 1 heterocycles. The zero-order valence-corrected chi connectivity index (χ0v) is 16.8. The third-order valence-electron chi connectivity index (χ3n) is 4.19. The molecular weight excluding hydrogens is 388 g/mol. The number of esters is 1. The van der Waals surface area contributed by atoms with E-state index in [9.17, 15) is 18.4 Å². The minimum atomic E-state index is -2.95. The summed E-state index contributed by atoms with van der Waals surface area (Å²) in [5.74, 6) is -0.363. The first-order valence-corrected chi connectivity index (χ1v) is 9.03. The zero-order valence-electron chi connectivity index (χ0n) is 16.8. The quantitative estimate of drug-likeness (QED) is 0.604. The van der Waals surface area contributed by atoms with Gasteiger partial charge in [0.25, 0.3) is 0 Å². The molecule has 0 radical (unpaired) electrons. The van der Waals surface area contributed by atoms with E-state index >= 15 is 0 Å². The van der Waals surface area contributed by atoms with Gasteiger partial charge < -0.3 is 24.8 Å². The number of carbonyl (C=O) groups excluding carboxylic acids is 2. The number of hydrogen-bond donors (Lipinski definition) is 2. The van der Waals surface area contributed by atoms with Crippen LogP contribution in [0.15, 0.2) is 29.5 Å². The van der Waals surface area contributed by atoms with Crippen molar-refractivity contribution in [3.05, 3.63) is 35.0 Å². The highest BCUT2D eigenvalue weighted by molar-refractivity contribution is 5.94. The average molecular weight is 413 g/mol. The van der Waals surface area contributed by atoms with Crippen LogP contribution in [0.4, 0.5) is 13.6 Å². The first kappa shape index (κ1) is 22.4. The van der Waals surface area contributed by atoms with Gasteiger partial charge in [-0.3, -0.25) is 4.90 Å². The van der Waals surface area contributed by atoms with Crippen molar-refractivity contribution >= 4 is 12.0 Å². The summed E-state index contributed by atoms with van der Waals surface area (Å²) < 4.78 is 39.5. The maximum atomic E-state index is 12.5. The smallest absolute Gasteiger partial charge is 0.387 e. The monoisotopic (exact) mass is 413 g/mol. The SMILES string of the molecule is CCOC(=O)C1=C(CN(C)Cc2ccc(OC(F)F)c(OC)c2)NC(=O)N[C@@H]1C. The molecule has 8 nitrogen and oxygen atoms in total. The molecule has 0 saturated carbocycles. The molecule has 1 aromatic carbocycles. The van der Waals surface area contributed by atoms with Crippen molar-refractivity contribution in [3.8, 4) is 11.5 Å². The Labute approximate surface area is 167 Å². The first-order valence-electron chi connectivity index (χ1n) is 9.03. The fraction of sp³-hybridized carbons (Fsp3) is 0.474. The third kappa shape index (κ3) is 6.05. The minimum absolute atomic E-state index is 0.0550. The molecule has 0 bridgehead atoms. The number of nitrogens with one attached hydrogen (secondary N) is 2. The molecule has 0 fully saturated rings. The molecule has 1 aromatic rings. The Balaban J connectivity index is 2.17. The molecule has 29 heavy (non-hydrogen) atoms. The lowest BCUT2D eigenvalue weighted by molar-refractivity contribution is -0.139. The molecule has 1 atom stereocenters. The predicted octanol–water partition coefficient (Wildman–Crippen LogP) is 2.25. The molecule has 0 unspecified atom stereocenters. The van der Waals surface area contributed by atoms with Gasteiger partial charge in [0.15, 0.2) is 11.5 Å². The summed E-state index contributed by atoms with van der Waals surface area (Å²) in [6, 6.07) is 3.76. The number of hydrogen-bond acceptors (Lipinski definition) is 6. The van der Waals surface area contributed by atoms with Gasteiger partial charge in [-0.05, 0) is 38.6 Å². The number of rotatable bonds is 9. The number of alkyl halides is 2. The standard InChI is InChI=1S/C19H25F2N3O5/c1-5-28-17(25)16-11(2)22-19(26)23-13(16)10-24(3)9-12-6-7-14(29-18(20)21)15(8-12)27-4/h6-8,11,18H,5,9-10H2,1-4H3,(H2,22,23,26)/t11-/m1/s1. The van der Waals surface area contributed by atoms with Gasteiger partial charge in [-0.2, -0.15) is 8.78 Å². The number of likely N-dealkylation sites (N-methyl/N-ethyl adjacent to an activating group) is 1. The van der Waals surface area contributed by atoms with Gasteiger partial charge in [0, 0.05) is 18.8 Å². The summed E-state index contributed by atoms with van der Waals surface area (Å²) in [5.41, 5.74) is 1.58. The second-order valence-electron chi connectivity index (χ2n) is 6.47. The lowest BCUT2D eigenvalue weighted by Gasteiger charge is -2.29. The fourth-order valence-electron chi connectivity index (χ4n) is 3.05. The zero-order chi connectivity index (χ0) is 21.6. The summed E-state index contributed by atoms with van der Waals surface area (Å²) in [4.78, 5) is 26.0. The van der Waals surface area contributed by atoms with E-state index in [0.29, 0.717) is 17.8 Å². The highest BCUT2D eigenvalue weighted by Gasteiger charge is 2.30. The lowest BCUT2D eigenvalue weighted by Crippen LogP contribution is -2.51. The Hall–Kier alpha value is -2.88. The van der Waals surface area contributed by atoms with Gasteiger partial charge in [0.2, 0.25) is 0 Å². The van der Waals surface area contributed by atoms with Crippen LogP contribution in [0.5, 0.6) is 11.5 Å². The van der Waals surface area contributed by atoms with Crippen molar-refractivity contribution < 1.29 is 32.6 Å². The number of nitrogens with zero attached hydrogens (tertiary/aromatic N) is 1. The molecule has 1 aliphatic rings. The van der Waals surface area contributed by atoms with Crippen molar-refractivity contribution in [3.63, 3.8) is 0 Å². The van der Waals surface area contributed by atoms with E-state index in [1.165, 1.54) is 13.2 Å². The van der Waals surface area contributed by atoms with E-state index < -0.39 is 24.7 Å². The Bertz CT molecular complexity index is 785. The third-order valence-corrected chi connectivity index (χ3v) is 4.19. The summed E-state index contributed by atoms with van der Waals surface area (Å²) in [6.45, 7) is 1.36. The molecule has 0 aromatic heterocycles. The van der Waals surface area contributed by atoms with Gasteiger partial charge in [-0.1, -0.05) is 6.07 Å². The highest BCUT2D eigenvalue weighted by atomic mass is 19.3. The van der Waals surface area contributed by atoms with Crippen molar-refractivity contribution in [2.75, 3.05) is 27.3 Å². The second kappa shape index (κ2) is 10.1. The normalized spacial score (nSPS) is 16.6. The Kier molecular flexibility index (Phi) is 7.77. The van der Waals surface area contributed by atoms with Crippen LogP contribution in [0, 0.1) is 0 Å². The summed E-state index contributed by atoms with van der Waals surface area (Å²) in [7, 11) is 3.16. The number of halogens is 2. The van der Waals surface area contributed by atoms with Gasteiger partial charge >= 0.3 is 18.6 Å². The fourth-order valence-corrected chi connectivity index (χ4v) is 3.05. The molecule has 2 rings (SSSR count). The summed E-state index contributed by atoms with van der Waals surface area (Å²) in [6.07, 6.45) is 0.